The molecule has 0 saturated heterocycles. The van der Waals surface area contributed by atoms with E-state index in [0.29, 0.717) is 11.3 Å². The normalized spacial score (nSPS) is 12.3. The Labute approximate surface area is 141 Å². The number of rotatable bonds is 6. The number of benzene rings is 2. The second-order valence-corrected chi connectivity index (χ2v) is 7.17. The Kier molecular flexibility index (Phi) is 5.46. The summed E-state index contributed by atoms with van der Waals surface area (Å²) in [5.74, 6) is 0.465. The molecule has 24 heavy (non-hydrogen) atoms. The molecule has 2 rings (SSSR count). The van der Waals surface area contributed by atoms with Crippen molar-refractivity contribution in [3.05, 3.63) is 59.7 Å². The summed E-state index contributed by atoms with van der Waals surface area (Å²) in [6, 6.07) is 13.6. The summed E-state index contributed by atoms with van der Waals surface area (Å²) in [6.45, 7) is 1.87. The summed E-state index contributed by atoms with van der Waals surface area (Å²) < 4.78 is 30.0. The monoisotopic (exact) mass is 348 g/mol. The molecule has 0 unspecified atom stereocenters. The number of hydrogen-bond acceptors (Lipinski definition) is 4. The molecule has 128 valence electrons. The van der Waals surface area contributed by atoms with Gasteiger partial charge in [0, 0.05) is 11.3 Å². The van der Waals surface area contributed by atoms with Crippen LogP contribution >= 0.6 is 0 Å². The zero-order valence-corrected chi connectivity index (χ0v) is 14.6. The second-order valence-electron chi connectivity index (χ2n) is 5.42. The highest BCUT2D eigenvalue weighted by Crippen LogP contribution is 2.18. The van der Waals surface area contributed by atoms with Crippen LogP contribution in [-0.2, 0) is 10.0 Å². The second kappa shape index (κ2) is 7.35. The van der Waals surface area contributed by atoms with Crippen LogP contribution in [0.3, 0.4) is 0 Å². The first-order chi connectivity index (χ1) is 11.3. The molecular weight excluding hydrogens is 328 g/mol. The van der Waals surface area contributed by atoms with Gasteiger partial charge >= 0.3 is 0 Å². The Morgan fingerprint density at radius 1 is 1.12 bits per heavy atom. The SMILES string of the molecule is COc1ccc([C@@H](C)NC(=O)c2cccc(NS(C)(=O)=O)c2)cc1. The van der Waals surface area contributed by atoms with E-state index in [1.807, 2.05) is 31.2 Å². The molecule has 2 aromatic rings. The molecule has 2 aromatic carbocycles. The molecule has 0 aliphatic carbocycles. The minimum atomic E-state index is -3.39. The van der Waals surface area contributed by atoms with Gasteiger partial charge in [0.2, 0.25) is 10.0 Å². The van der Waals surface area contributed by atoms with Crippen molar-refractivity contribution in [2.24, 2.45) is 0 Å². The maximum absolute atomic E-state index is 12.4. The molecule has 2 N–H and O–H groups in total. The van der Waals surface area contributed by atoms with Crippen molar-refractivity contribution < 1.29 is 17.9 Å². The molecule has 1 amide bonds. The van der Waals surface area contributed by atoms with Crippen LogP contribution in [0.1, 0.15) is 28.9 Å². The van der Waals surface area contributed by atoms with Crippen LogP contribution in [0, 0.1) is 0 Å². The summed E-state index contributed by atoms with van der Waals surface area (Å²) in [5.41, 5.74) is 1.67. The van der Waals surface area contributed by atoms with Crippen molar-refractivity contribution >= 4 is 21.6 Å². The topological polar surface area (TPSA) is 84.5 Å². The largest absolute Gasteiger partial charge is 0.497 e. The van der Waals surface area contributed by atoms with Gasteiger partial charge in [-0.3, -0.25) is 9.52 Å². The molecule has 0 fully saturated rings. The van der Waals surface area contributed by atoms with Crippen LogP contribution < -0.4 is 14.8 Å². The molecule has 1 atom stereocenters. The van der Waals surface area contributed by atoms with Crippen LogP contribution in [-0.4, -0.2) is 27.7 Å². The van der Waals surface area contributed by atoms with Gasteiger partial charge < -0.3 is 10.1 Å². The maximum atomic E-state index is 12.4. The molecule has 6 nitrogen and oxygen atoms in total. The fourth-order valence-electron chi connectivity index (χ4n) is 2.19. The van der Waals surface area contributed by atoms with Crippen LogP contribution in [0.5, 0.6) is 5.75 Å². The number of nitrogens with one attached hydrogen (secondary N) is 2. The first-order valence-corrected chi connectivity index (χ1v) is 9.20. The minimum Gasteiger partial charge on any atom is -0.497 e. The zero-order chi connectivity index (χ0) is 17.7. The molecule has 0 bridgehead atoms. The summed E-state index contributed by atoms with van der Waals surface area (Å²) in [4.78, 5) is 12.4. The third-order valence-electron chi connectivity index (χ3n) is 3.39. The lowest BCUT2D eigenvalue weighted by Crippen LogP contribution is -2.26. The van der Waals surface area contributed by atoms with E-state index in [1.165, 1.54) is 6.07 Å². The summed E-state index contributed by atoms with van der Waals surface area (Å²) in [7, 11) is -1.79. The summed E-state index contributed by atoms with van der Waals surface area (Å²) >= 11 is 0. The standard InChI is InChI=1S/C17H20N2O4S/c1-12(13-7-9-16(23-2)10-8-13)18-17(20)14-5-4-6-15(11-14)19-24(3,21)22/h4-12,19H,1-3H3,(H,18,20)/t12-/m1/s1. The lowest BCUT2D eigenvalue weighted by molar-refractivity contribution is 0.0940. The van der Waals surface area contributed by atoms with E-state index >= 15 is 0 Å². The quantitative estimate of drug-likeness (QED) is 0.840. The molecular formula is C17H20N2O4S. The average Bonchev–Trinajstić information content (AvgIpc) is 2.53. The van der Waals surface area contributed by atoms with Crippen LogP contribution in [0.25, 0.3) is 0 Å². The molecule has 0 saturated carbocycles. The van der Waals surface area contributed by atoms with Gasteiger partial charge in [0.1, 0.15) is 5.75 Å². The molecule has 0 radical (unpaired) electrons. The number of methoxy groups -OCH3 is 1. The van der Waals surface area contributed by atoms with Crippen LogP contribution in [0.2, 0.25) is 0 Å². The number of sulfonamides is 1. The molecule has 0 aliphatic heterocycles. The van der Waals surface area contributed by atoms with Crippen LogP contribution in [0.4, 0.5) is 5.69 Å². The van der Waals surface area contributed by atoms with Gasteiger partial charge in [0.05, 0.1) is 19.4 Å². The van der Waals surface area contributed by atoms with Gasteiger partial charge in [0.15, 0.2) is 0 Å². The van der Waals surface area contributed by atoms with E-state index in [4.69, 9.17) is 4.74 Å². The number of hydrogen-bond donors (Lipinski definition) is 2. The number of ether oxygens (including phenoxy) is 1. The van der Waals surface area contributed by atoms with Gasteiger partial charge in [-0.15, -0.1) is 0 Å². The number of amides is 1. The average molecular weight is 348 g/mol. The van der Waals surface area contributed by atoms with Crippen LogP contribution in [0.15, 0.2) is 48.5 Å². The summed E-state index contributed by atoms with van der Waals surface area (Å²) in [6.07, 6.45) is 1.06. The number of carbonyl (C=O) groups is 1. The van der Waals surface area contributed by atoms with E-state index in [9.17, 15) is 13.2 Å². The number of anilines is 1. The smallest absolute Gasteiger partial charge is 0.251 e. The maximum Gasteiger partial charge on any atom is 0.251 e. The van der Waals surface area contributed by atoms with Crippen molar-refractivity contribution in [1.29, 1.82) is 0 Å². The van der Waals surface area contributed by atoms with E-state index in [0.717, 1.165) is 17.6 Å². The minimum absolute atomic E-state index is 0.199. The van der Waals surface area contributed by atoms with Crippen molar-refractivity contribution in [2.45, 2.75) is 13.0 Å². The third kappa shape index (κ3) is 4.99. The van der Waals surface area contributed by atoms with Crippen molar-refractivity contribution in [2.75, 3.05) is 18.1 Å². The highest BCUT2D eigenvalue weighted by molar-refractivity contribution is 7.92. The highest BCUT2D eigenvalue weighted by Gasteiger charge is 2.12. The Bertz CT molecular complexity index is 817. The first-order valence-electron chi connectivity index (χ1n) is 7.31. The highest BCUT2D eigenvalue weighted by atomic mass is 32.2. The Morgan fingerprint density at radius 3 is 2.38 bits per heavy atom. The predicted octanol–water partition coefficient (Wildman–Crippen LogP) is 2.56. The predicted molar refractivity (Wildman–Crippen MR) is 93.8 cm³/mol. The number of carbonyl (C=O) groups excluding carboxylic acids is 1. The van der Waals surface area contributed by atoms with Crippen molar-refractivity contribution in [3.8, 4) is 5.75 Å². The molecule has 0 heterocycles. The summed E-state index contributed by atoms with van der Waals surface area (Å²) in [5, 5.41) is 2.88. The van der Waals surface area contributed by atoms with E-state index in [-0.39, 0.29) is 11.9 Å². The van der Waals surface area contributed by atoms with Gasteiger partial charge in [-0.05, 0) is 42.8 Å². The third-order valence-corrected chi connectivity index (χ3v) is 4.00. The Balaban J connectivity index is 2.09. The van der Waals surface area contributed by atoms with Gasteiger partial charge in [-0.1, -0.05) is 18.2 Å². The van der Waals surface area contributed by atoms with E-state index in [1.54, 1.807) is 25.3 Å². The van der Waals surface area contributed by atoms with Gasteiger partial charge in [-0.25, -0.2) is 8.42 Å². The van der Waals surface area contributed by atoms with Gasteiger partial charge in [0.25, 0.3) is 5.91 Å². The molecule has 7 heteroatoms. The Morgan fingerprint density at radius 2 is 1.79 bits per heavy atom. The lowest BCUT2D eigenvalue weighted by atomic mass is 10.1. The zero-order valence-electron chi connectivity index (χ0n) is 13.7. The first kappa shape index (κ1) is 17.8. The fourth-order valence-corrected chi connectivity index (χ4v) is 2.75. The molecule has 0 spiro atoms. The fraction of sp³-hybridized carbons (Fsp3) is 0.235. The van der Waals surface area contributed by atoms with Gasteiger partial charge in [-0.2, -0.15) is 0 Å². The Hall–Kier alpha value is -2.54. The molecule has 0 aromatic heterocycles. The lowest BCUT2D eigenvalue weighted by Gasteiger charge is -2.15. The van der Waals surface area contributed by atoms with E-state index < -0.39 is 10.0 Å². The van der Waals surface area contributed by atoms with Crippen molar-refractivity contribution in [3.63, 3.8) is 0 Å². The van der Waals surface area contributed by atoms with E-state index in [2.05, 4.69) is 10.0 Å². The van der Waals surface area contributed by atoms with Crippen molar-refractivity contribution in [1.82, 2.24) is 5.32 Å². The molecule has 0 aliphatic rings.